The van der Waals surface area contributed by atoms with Crippen molar-refractivity contribution in [3.05, 3.63) is 64.2 Å². The van der Waals surface area contributed by atoms with Crippen molar-refractivity contribution in [2.24, 2.45) is 0 Å². The Morgan fingerprint density at radius 3 is 2.47 bits per heavy atom. The largest absolute Gasteiger partial charge is 0.322 e. The number of amides is 1. The van der Waals surface area contributed by atoms with Crippen molar-refractivity contribution in [3.63, 3.8) is 0 Å². The second kappa shape index (κ2) is 5.67. The van der Waals surface area contributed by atoms with Gasteiger partial charge in [0, 0.05) is 11.3 Å². The predicted octanol–water partition coefficient (Wildman–Crippen LogP) is 3.71. The molecular weight excluding hydrogens is 262 g/mol. The fourth-order valence-electron chi connectivity index (χ4n) is 1.67. The third-order valence-electron chi connectivity index (χ3n) is 2.74. The molecule has 0 atom stereocenters. The van der Waals surface area contributed by atoms with Crippen LogP contribution in [0.1, 0.15) is 26.3 Å². The van der Waals surface area contributed by atoms with E-state index in [9.17, 15) is 9.59 Å². The van der Waals surface area contributed by atoms with E-state index in [0.29, 0.717) is 21.8 Å². The van der Waals surface area contributed by atoms with E-state index < -0.39 is 0 Å². The minimum Gasteiger partial charge on any atom is -0.322 e. The lowest BCUT2D eigenvalue weighted by Gasteiger charge is -2.08. The van der Waals surface area contributed by atoms with Crippen LogP contribution in [0, 0.1) is 6.92 Å². The summed E-state index contributed by atoms with van der Waals surface area (Å²) in [5, 5.41) is 3.19. The van der Waals surface area contributed by atoms with Crippen LogP contribution in [0.4, 0.5) is 5.69 Å². The molecule has 0 fully saturated rings. The summed E-state index contributed by atoms with van der Waals surface area (Å²) in [6.45, 7) is 1.85. The highest BCUT2D eigenvalue weighted by Crippen LogP contribution is 2.21. The topological polar surface area (TPSA) is 46.2 Å². The van der Waals surface area contributed by atoms with Crippen LogP contribution in [0.3, 0.4) is 0 Å². The summed E-state index contributed by atoms with van der Waals surface area (Å²) >= 11 is 6.09. The van der Waals surface area contributed by atoms with Crippen LogP contribution in [0.5, 0.6) is 0 Å². The molecular formula is C15H12ClNO2. The molecule has 1 amide bonds. The molecule has 0 aliphatic rings. The van der Waals surface area contributed by atoms with Crippen molar-refractivity contribution in [1.29, 1.82) is 0 Å². The van der Waals surface area contributed by atoms with Crippen molar-refractivity contribution in [2.45, 2.75) is 6.92 Å². The molecule has 0 unspecified atom stereocenters. The molecule has 0 saturated carbocycles. The maximum atomic E-state index is 12.1. The van der Waals surface area contributed by atoms with E-state index in [4.69, 9.17) is 11.6 Å². The molecule has 0 radical (unpaired) electrons. The standard InChI is InChI=1S/C15H12ClNO2/c1-10-3-2-4-13(14(10)16)15(19)17-12-7-5-11(9-18)6-8-12/h2-9H,1H3,(H,17,19). The lowest BCUT2D eigenvalue weighted by Crippen LogP contribution is -2.12. The molecule has 2 aromatic carbocycles. The molecule has 2 rings (SSSR count). The molecule has 0 heterocycles. The highest BCUT2D eigenvalue weighted by molar-refractivity contribution is 6.35. The van der Waals surface area contributed by atoms with Crippen LogP contribution in [0.2, 0.25) is 5.02 Å². The Balaban J connectivity index is 2.20. The maximum absolute atomic E-state index is 12.1. The zero-order chi connectivity index (χ0) is 13.8. The summed E-state index contributed by atoms with van der Waals surface area (Å²) < 4.78 is 0. The van der Waals surface area contributed by atoms with Crippen LogP contribution in [-0.2, 0) is 0 Å². The summed E-state index contributed by atoms with van der Waals surface area (Å²) in [6.07, 6.45) is 0.753. The molecule has 2 aromatic rings. The number of anilines is 1. The van der Waals surface area contributed by atoms with E-state index in [2.05, 4.69) is 5.32 Å². The highest BCUT2D eigenvalue weighted by atomic mass is 35.5. The molecule has 19 heavy (non-hydrogen) atoms. The van der Waals surface area contributed by atoms with Crippen LogP contribution < -0.4 is 5.32 Å². The Morgan fingerprint density at radius 1 is 1.16 bits per heavy atom. The Kier molecular flexibility index (Phi) is 3.97. The second-order valence-electron chi connectivity index (χ2n) is 4.13. The highest BCUT2D eigenvalue weighted by Gasteiger charge is 2.11. The Labute approximate surface area is 116 Å². The average molecular weight is 274 g/mol. The molecule has 4 heteroatoms. The summed E-state index contributed by atoms with van der Waals surface area (Å²) in [7, 11) is 0. The maximum Gasteiger partial charge on any atom is 0.257 e. The van der Waals surface area contributed by atoms with Gasteiger partial charge in [-0.15, -0.1) is 0 Å². The third-order valence-corrected chi connectivity index (χ3v) is 3.24. The monoisotopic (exact) mass is 273 g/mol. The first-order valence-corrected chi connectivity index (χ1v) is 6.11. The minimum absolute atomic E-state index is 0.271. The molecule has 0 bridgehead atoms. The van der Waals surface area contributed by atoms with Gasteiger partial charge in [-0.2, -0.15) is 0 Å². The van der Waals surface area contributed by atoms with Gasteiger partial charge >= 0.3 is 0 Å². The first-order valence-electron chi connectivity index (χ1n) is 5.73. The zero-order valence-electron chi connectivity index (χ0n) is 10.3. The first-order chi connectivity index (χ1) is 9.11. The molecule has 0 aliphatic heterocycles. The fraction of sp³-hybridized carbons (Fsp3) is 0.0667. The SMILES string of the molecule is Cc1cccc(C(=O)Nc2ccc(C=O)cc2)c1Cl. The van der Waals surface area contributed by atoms with Gasteiger partial charge < -0.3 is 5.32 Å². The number of aryl methyl sites for hydroxylation is 1. The lowest BCUT2D eigenvalue weighted by atomic mass is 10.1. The van der Waals surface area contributed by atoms with Gasteiger partial charge in [0.25, 0.3) is 5.91 Å². The van der Waals surface area contributed by atoms with Crippen molar-refractivity contribution in [3.8, 4) is 0 Å². The van der Waals surface area contributed by atoms with E-state index >= 15 is 0 Å². The van der Waals surface area contributed by atoms with Gasteiger partial charge in [0.2, 0.25) is 0 Å². The Morgan fingerprint density at radius 2 is 1.84 bits per heavy atom. The number of rotatable bonds is 3. The van der Waals surface area contributed by atoms with Gasteiger partial charge in [0.05, 0.1) is 10.6 Å². The Bertz CT molecular complexity index is 621. The number of hydrogen-bond acceptors (Lipinski definition) is 2. The number of aldehydes is 1. The first kappa shape index (κ1) is 13.3. The van der Waals surface area contributed by atoms with Crippen LogP contribution >= 0.6 is 11.6 Å². The second-order valence-corrected chi connectivity index (χ2v) is 4.51. The summed E-state index contributed by atoms with van der Waals surface area (Å²) in [4.78, 5) is 22.6. The van der Waals surface area contributed by atoms with Gasteiger partial charge in [0.1, 0.15) is 6.29 Å². The molecule has 0 spiro atoms. The quantitative estimate of drug-likeness (QED) is 0.867. The fourth-order valence-corrected chi connectivity index (χ4v) is 1.88. The smallest absolute Gasteiger partial charge is 0.257 e. The van der Waals surface area contributed by atoms with Gasteiger partial charge in [-0.1, -0.05) is 23.7 Å². The number of benzene rings is 2. The van der Waals surface area contributed by atoms with Crippen LogP contribution in [0.15, 0.2) is 42.5 Å². The number of carbonyl (C=O) groups excluding carboxylic acids is 2. The third kappa shape index (κ3) is 3.01. The molecule has 0 saturated heterocycles. The number of carbonyl (C=O) groups is 2. The normalized spacial score (nSPS) is 10.0. The number of halogens is 1. The predicted molar refractivity (Wildman–Crippen MR) is 76.0 cm³/mol. The molecule has 3 nitrogen and oxygen atoms in total. The van der Waals surface area contributed by atoms with Crippen LogP contribution in [0.25, 0.3) is 0 Å². The van der Waals surface area contributed by atoms with E-state index in [-0.39, 0.29) is 5.91 Å². The van der Waals surface area contributed by atoms with Gasteiger partial charge in [-0.05, 0) is 42.8 Å². The molecule has 1 N–H and O–H groups in total. The van der Waals surface area contributed by atoms with E-state index in [1.807, 2.05) is 13.0 Å². The number of hydrogen-bond donors (Lipinski definition) is 1. The van der Waals surface area contributed by atoms with Crippen molar-refractivity contribution in [2.75, 3.05) is 5.32 Å². The zero-order valence-corrected chi connectivity index (χ0v) is 11.1. The van der Waals surface area contributed by atoms with Gasteiger partial charge in [-0.3, -0.25) is 9.59 Å². The van der Waals surface area contributed by atoms with E-state index in [1.54, 1.807) is 36.4 Å². The van der Waals surface area contributed by atoms with Crippen LogP contribution in [-0.4, -0.2) is 12.2 Å². The molecule has 0 aromatic heterocycles. The van der Waals surface area contributed by atoms with Crippen molar-refractivity contribution < 1.29 is 9.59 Å². The Hall–Kier alpha value is -2.13. The average Bonchev–Trinajstić information content (AvgIpc) is 2.42. The van der Waals surface area contributed by atoms with E-state index in [0.717, 1.165) is 11.8 Å². The van der Waals surface area contributed by atoms with Crippen molar-refractivity contribution >= 4 is 29.5 Å². The van der Waals surface area contributed by atoms with Crippen molar-refractivity contribution in [1.82, 2.24) is 0 Å². The molecule has 96 valence electrons. The number of nitrogens with one attached hydrogen (secondary N) is 1. The van der Waals surface area contributed by atoms with E-state index in [1.165, 1.54) is 0 Å². The summed E-state index contributed by atoms with van der Waals surface area (Å²) in [6, 6.07) is 11.9. The van der Waals surface area contributed by atoms with Gasteiger partial charge in [0.15, 0.2) is 0 Å². The van der Waals surface area contributed by atoms with Gasteiger partial charge in [-0.25, -0.2) is 0 Å². The molecule has 0 aliphatic carbocycles. The minimum atomic E-state index is -0.271. The lowest BCUT2D eigenvalue weighted by molar-refractivity contribution is 0.102. The summed E-state index contributed by atoms with van der Waals surface area (Å²) in [5.41, 5.74) is 2.46. The summed E-state index contributed by atoms with van der Waals surface area (Å²) in [5.74, 6) is -0.271.